The molecule has 2 aromatic rings. The van der Waals surface area contributed by atoms with Gasteiger partial charge in [0.25, 0.3) is 0 Å². The summed E-state index contributed by atoms with van der Waals surface area (Å²) in [6.07, 6.45) is 3.00. The van der Waals surface area contributed by atoms with E-state index < -0.39 is 0 Å². The fourth-order valence-corrected chi connectivity index (χ4v) is 4.15. The lowest BCUT2D eigenvalue weighted by atomic mass is 9.99. The fourth-order valence-electron chi connectivity index (χ4n) is 3.69. The quantitative estimate of drug-likeness (QED) is 0.824. The highest BCUT2D eigenvalue weighted by Crippen LogP contribution is 2.33. The molecule has 2 amide bonds. The molecule has 1 N–H and O–H groups in total. The first-order valence-corrected chi connectivity index (χ1v) is 10.3. The lowest BCUT2D eigenvalue weighted by molar-refractivity contribution is -0.127. The minimum Gasteiger partial charge on any atom is -0.493 e. The van der Waals surface area contributed by atoms with E-state index in [-0.39, 0.29) is 30.2 Å². The third-order valence-electron chi connectivity index (χ3n) is 5.14. The summed E-state index contributed by atoms with van der Waals surface area (Å²) in [7, 11) is 0. The summed E-state index contributed by atoms with van der Waals surface area (Å²) in [4.78, 5) is 28.2. The molecule has 2 aliphatic heterocycles. The van der Waals surface area contributed by atoms with Gasteiger partial charge in [0.1, 0.15) is 5.75 Å². The molecule has 1 fully saturated rings. The summed E-state index contributed by atoms with van der Waals surface area (Å²) in [6.45, 7) is 1.01. The fraction of sp³-hybridized carbons (Fsp3) is 0.333. The highest BCUT2D eigenvalue weighted by Gasteiger charge is 2.36. The summed E-state index contributed by atoms with van der Waals surface area (Å²) < 4.78 is 5.66. The molecule has 0 radical (unpaired) electrons. The van der Waals surface area contributed by atoms with Gasteiger partial charge < -0.3 is 15.0 Å². The Morgan fingerprint density at radius 2 is 2.07 bits per heavy atom. The highest BCUT2D eigenvalue weighted by atomic mass is 32.2. The molecule has 27 heavy (non-hydrogen) atoms. The van der Waals surface area contributed by atoms with Gasteiger partial charge in [0.05, 0.1) is 18.6 Å². The smallest absolute Gasteiger partial charge is 0.227 e. The van der Waals surface area contributed by atoms with E-state index in [1.54, 1.807) is 16.7 Å². The van der Waals surface area contributed by atoms with Crippen molar-refractivity contribution in [1.82, 2.24) is 5.32 Å². The van der Waals surface area contributed by atoms with Crippen molar-refractivity contribution in [3.8, 4) is 5.75 Å². The molecule has 1 saturated heterocycles. The number of hydrogen-bond donors (Lipinski definition) is 1. The Labute approximate surface area is 163 Å². The number of rotatable bonds is 4. The second-order valence-electron chi connectivity index (χ2n) is 6.84. The van der Waals surface area contributed by atoms with E-state index in [2.05, 4.69) is 5.32 Å². The summed E-state index contributed by atoms with van der Waals surface area (Å²) in [6, 6.07) is 15.6. The van der Waals surface area contributed by atoms with Crippen LogP contribution in [0.5, 0.6) is 5.75 Å². The SMILES string of the molecule is CSc1cccc(N2CC(C(=O)NC3CCOc4ccccc43)CC2=O)c1. The van der Waals surface area contributed by atoms with Gasteiger partial charge in [-0.2, -0.15) is 0 Å². The van der Waals surface area contributed by atoms with Crippen LogP contribution in [-0.4, -0.2) is 31.2 Å². The molecule has 2 unspecified atom stereocenters. The van der Waals surface area contributed by atoms with Gasteiger partial charge in [-0.05, 0) is 30.5 Å². The molecular formula is C21H22N2O3S. The topological polar surface area (TPSA) is 58.6 Å². The molecule has 2 aromatic carbocycles. The largest absolute Gasteiger partial charge is 0.493 e. The van der Waals surface area contributed by atoms with Gasteiger partial charge in [0, 0.05) is 35.5 Å². The minimum atomic E-state index is -0.328. The third-order valence-corrected chi connectivity index (χ3v) is 5.86. The number of ether oxygens (including phenoxy) is 1. The zero-order valence-corrected chi connectivity index (χ0v) is 16.0. The number of fused-ring (bicyclic) bond motifs is 1. The number of amides is 2. The number of anilines is 1. The second kappa shape index (κ2) is 7.64. The molecule has 140 valence electrons. The van der Waals surface area contributed by atoms with Crippen molar-refractivity contribution in [3.05, 3.63) is 54.1 Å². The Morgan fingerprint density at radius 3 is 2.93 bits per heavy atom. The average molecular weight is 382 g/mol. The molecule has 0 spiro atoms. The van der Waals surface area contributed by atoms with Crippen molar-refractivity contribution < 1.29 is 14.3 Å². The number of carbonyl (C=O) groups excluding carboxylic acids is 2. The maximum Gasteiger partial charge on any atom is 0.227 e. The van der Waals surface area contributed by atoms with Crippen LogP contribution in [0.15, 0.2) is 53.4 Å². The first-order valence-electron chi connectivity index (χ1n) is 9.12. The predicted molar refractivity (Wildman–Crippen MR) is 106 cm³/mol. The Hall–Kier alpha value is -2.47. The van der Waals surface area contributed by atoms with Crippen LogP contribution in [0.2, 0.25) is 0 Å². The summed E-state index contributed by atoms with van der Waals surface area (Å²) >= 11 is 1.64. The van der Waals surface area contributed by atoms with E-state index in [0.717, 1.165) is 28.3 Å². The third kappa shape index (κ3) is 3.67. The monoisotopic (exact) mass is 382 g/mol. The van der Waals surface area contributed by atoms with Crippen molar-refractivity contribution in [3.63, 3.8) is 0 Å². The normalized spacial score (nSPS) is 21.5. The van der Waals surface area contributed by atoms with Crippen LogP contribution in [0, 0.1) is 5.92 Å². The summed E-state index contributed by atoms with van der Waals surface area (Å²) in [5.74, 6) is 0.437. The Morgan fingerprint density at radius 1 is 1.22 bits per heavy atom. The Kier molecular flexibility index (Phi) is 5.07. The van der Waals surface area contributed by atoms with E-state index in [9.17, 15) is 9.59 Å². The van der Waals surface area contributed by atoms with E-state index in [1.807, 2.05) is 54.8 Å². The van der Waals surface area contributed by atoms with Crippen LogP contribution in [0.3, 0.4) is 0 Å². The van der Waals surface area contributed by atoms with E-state index in [0.29, 0.717) is 13.2 Å². The number of thioether (sulfide) groups is 1. The molecular weight excluding hydrogens is 360 g/mol. The van der Waals surface area contributed by atoms with E-state index in [1.165, 1.54) is 0 Å². The molecule has 2 atom stereocenters. The number of nitrogens with one attached hydrogen (secondary N) is 1. The number of hydrogen-bond acceptors (Lipinski definition) is 4. The maximum atomic E-state index is 12.8. The van der Waals surface area contributed by atoms with Crippen molar-refractivity contribution in [2.45, 2.75) is 23.8 Å². The average Bonchev–Trinajstić information content (AvgIpc) is 3.10. The number of para-hydroxylation sites is 1. The second-order valence-corrected chi connectivity index (χ2v) is 7.72. The van der Waals surface area contributed by atoms with Crippen LogP contribution in [0.1, 0.15) is 24.4 Å². The molecule has 0 saturated carbocycles. The molecule has 2 heterocycles. The van der Waals surface area contributed by atoms with Crippen LogP contribution in [0.25, 0.3) is 0 Å². The number of benzene rings is 2. The van der Waals surface area contributed by atoms with Gasteiger partial charge in [-0.3, -0.25) is 9.59 Å². The zero-order chi connectivity index (χ0) is 18.8. The lowest BCUT2D eigenvalue weighted by Gasteiger charge is -2.27. The van der Waals surface area contributed by atoms with Gasteiger partial charge in [-0.15, -0.1) is 11.8 Å². The first-order chi connectivity index (χ1) is 13.2. The van der Waals surface area contributed by atoms with Gasteiger partial charge in [-0.25, -0.2) is 0 Å². The van der Waals surface area contributed by atoms with Crippen LogP contribution < -0.4 is 15.0 Å². The van der Waals surface area contributed by atoms with Crippen molar-refractivity contribution in [2.75, 3.05) is 24.3 Å². The molecule has 0 aromatic heterocycles. The van der Waals surface area contributed by atoms with Gasteiger partial charge in [0.2, 0.25) is 11.8 Å². The number of carbonyl (C=O) groups is 2. The van der Waals surface area contributed by atoms with E-state index >= 15 is 0 Å². The van der Waals surface area contributed by atoms with E-state index in [4.69, 9.17) is 4.74 Å². The van der Waals surface area contributed by atoms with Crippen LogP contribution in [0.4, 0.5) is 5.69 Å². The van der Waals surface area contributed by atoms with Crippen molar-refractivity contribution >= 4 is 29.3 Å². The molecule has 0 bridgehead atoms. The maximum absolute atomic E-state index is 12.8. The number of nitrogens with zero attached hydrogens (tertiary/aromatic N) is 1. The van der Waals surface area contributed by atoms with Gasteiger partial charge >= 0.3 is 0 Å². The molecule has 5 nitrogen and oxygen atoms in total. The van der Waals surface area contributed by atoms with Crippen molar-refractivity contribution in [1.29, 1.82) is 0 Å². The van der Waals surface area contributed by atoms with Crippen LogP contribution >= 0.6 is 11.8 Å². The molecule has 6 heteroatoms. The summed E-state index contributed by atoms with van der Waals surface area (Å²) in [5, 5.41) is 3.13. The Balaban J connectivity index is 1.46. The van der Waals surface area contributed by atoms with Crippen LogP contribution in [-0.2, 0) is 9.59 Å². The molecule has 4 rings (SSSR count). The first kappa shape index (κ1) is 17.9. The lowest BCUT2D eigenvalue weighted by Crippen LogP contribution is -2.37. The highest BCUT2D eigenvalue weighted by molar-refractivity contribution is 7.98. The standard InChI is InChI=1S/C21H22N2O3S/c1-27-16-6-4-5-15(12-16)23-13-14(11-20(23)24)21(25)22-18-9-10-26-19-8-3-2-7-17(18)19/h2-8,12,14,18H,9-11,13H2,1H3,(H,22,25). The van der Waals surface area contributed by atoms with Gasteiger partial charge in [0.15, 0.2) is 0 Å². The zero-order valence-electron chi connectivity index (χ0n) is 15.2. The summed E-state index contributed by atoms with van der Waals surface area (Å²) in [5.41, 5.74) is 1.87. The Bertz CT molecular complexity index is 870. The van der Waals surface area contributed by atoms with Gasteiger partial charge in [-0.1, -0.05) is 24.3 Å². The van der Waals surface area contributed by atoms with Crippen molar-refractivity contribution in [2.24, 2.45) is 5.92 Å². The predicted octanol–water partition coefficient (Wildman–Crippen LogP) is 3.40. The minimum absolute atomic E-state index is 0.000723. The molecule has 2 aliphatic rings. The molecule has 0 aliphatic carbocycles.